The highest BCUT2D eigenvalue weighted by molar-refractivity contribution is 7.99. The van der Waals surface area contributed by atoms with Gasteiger partial charge < -0.3 is 5.73 Å². The second-order valence-electron chi connectivity index (χ2n) is 4.06. The van der Waals surface area contributed by atoms with Gasteiger partial charge in [-0.25, -0.2) is 9.67 Å². The highest BCUT2D eigenvalue weighted by Gasteiger charge is 2.21. The minimum absolute atomic E-state index is 0.0779. The summed E-state index contributed by atoms with van der Waals surface area (Å²) in [4.78, 5) is 8.29. The third kappa shape index (κ3) is 2.88. The van der Waals surface area contributed by atoms with Crippen molar-refractivity contribution in [2.75, 3.05) is 0 Å². The van der Waals surface area contributed by atoms with Crippen molar-refractivity contribution < 1.29 is 0 Å². The molecule has 96 valence electrons. The molecule has 0 aliphatic rings. The van der Waals surface area contributed by atoms with E-state index in [4.69, 9.17) is 5.73 Å². The molecule has 0 saturated carbocycles. The summed E-state index contributed by atoms with van der Waals surface area (Å²) in [6.07, 6.45) is 6.06. The van der Waals surface area contributed by atoms with Crippen LogP contribution in [0.25, 0.3) is 0 Å². The highest BCUT2D eigenvalue weighted by Crippen LogP contribution is 2.36. The molecule has 2 N–H and O–H groups in total. The molecule has 2 aromatic rings. The van der Waals surface area contributed by atoms with Gasteiger partial charge in [0, 0.05) is 25.5 Å². The van der Waals surface area contributed by atoms with Gasteiger partial charge in [-0.1, -0.05) is 18.7 Å². The third-order valence-electron chi connectivity index (χ3n) is 2.80. The number of pyridine rings is 1. The number of aryl methyl sites for hydroxylation is 1. The van der Waals surface area contributed by atoms with Crippen molar-refractivity contribution in [3.8, 4) is 0 Å². The smallest absolute Gasteiger partial charge is 0.186 e. The number of hydrogen-bond donors (Lipinski definition) is 1. The minimum atomic E-state index is 0.0779. The summed E-state index contributed by atoms with van der Waals surface area (Å²) in [5, 5.41) is 5.12. The van der Waals surface area contributed by atoms with Crippen molar-refractivity contribution in [1.29, 1.82) is 0 Å². The van der Waals surface area contributed by atoms with Crippen LogP contribution in [0.1, 0.15) is 24.2 Å². The molecule has 6 heteroatoms. The molecule has 2 aromatic heterocycles. The van der Waals surface area contributed by atoms with Gasteiger partial charge in [0.1, 0.15) is 6.33 Å². The molecule has 0 spiro atoms. The maximum absolute atomic E-state index is 6.22. The van der Waals surface area contributed by atoms with Crippen molar-refractivity contribution in [2.45, 2.75) is 29.8 Å². The summed E-state index contributed by atoms with van der Waals surface area (Å²) >= 11 is 1.64. The molecule has 0 aliphatic carbocycles. The standard InChI is InChI=1S/C12H17N5S/c1-3-10(13)11(9-4-6-14-7-5-9)18-12-15-8-16-17(12)2/h4-8,10-11H,3,13H2,1-2H3. The van der Waals surface area contributed by atoms with Crippen molar-refractivity contribution in [2.24, 2.45) is 12.8 Å². The van der Waals surface area contributed by atoms with E-state index in [0.29, 0.717) is 0 Å². The molecule has 0 amide bonds. The van der Waals surface area contributed by atoms with Gasteiger partial charge >= 0.3 is 0 Å². The Morgan fingerprint density at radius 2 is 2.11 bits per heavy atom. The molecule has 0 bridgehead atoms. The SMILES string of the molecule is CCC(N)C(Sc1ncnn1C)c1ccncc1. The maximum Gasteiger partial charge on any atom is 0.186 e. The Balaban J connectivity index is 2.24. The van der Waals surface area contributed by atoms with Crippen LogP contribution in [-0.2, 0) is 7.05 Å². The topological polar surface area (TPSA) is 69.6 Å². The number of hydrogen-bond acceptors (Lipinski definition) is 5. The average Bonchev–Trinajstić information content (AvgIpc) is 2.81. The zero-order valence-electron chi connectivity index (χ0n) is 10.5. The first-order valence-corrected chi connectivity index (χ1v) is 6.76. The van der Waals surface area contributed by atoms with E-state index in [9.17, 15) is 0 Å². The Morgan fingerprint density at radius 3 is 2.67 bits per heavy atom. The Kier molecular flexibility index (Phi) is 4.33. The van der Waals surface area contributed by atoms with Gasteiger partial charge in [0.25, 0.3) is 0 Å². The quantitative estimate of drug-likeness (QED) is 0.833. The fourth-order valence-corrected chi connectivity index (χ4v) is 2.87. The van der Waals surface area contributed by atoms with E-state index in [0.717, 1.165) is 11.6 Å². The molecule has 0 aromatic carbocycles. The van der Waals surface area contributed by atoms with Crippen molar-refractivity contribution in [3.05, 3.63) is 36.4 Å². The first-order chi connectivity index (χ1) is 8.72. The van der Waals surface area contributed by atoms with Crippen LogP contribution in [-0.4, -0.2) is 25.8 Å². The molecule has 0 aliphatic heterocycles. The van der Waals surface area contributed by atoms with Gasteiger partial charge in [0.2, 0.25) is 0 Å². The monoisotopic (exact) mass is 263 g/mol. The Hall–Kier alpha value is -1.40. The first kappa shape index (κ1) is 13.0. The van der Waals surface area contributed by atoms with Crippen LogP contribution in [0.5, 0.6) is 0 Å². The lowest BCUT2D eigenvalue weighted by Crippen LogP contribution is -2.26. The van der Waals surface area contributed by atoms with E-state index in [1.54, 1.807) is 35.2 Å². The fourth-order valence-electron chi connectivity index (χ4n) is 1.68. The van der Waals surface area contributed by atoms with Crippen LogP contribution >= 0.6 is 11.8 Å². The first-order valence-electron chi connectivity index (χ1n) is 5.88. The number of nitrogens with zero attached hydrogens (tertiary/aromatic N) is 4. The summed E-state index contributed by atoms with van der Waals surface area (Å²) < 4.78 is 1.77. The molecule has 2 unspecified atom stereocenters. The van der Waals surface area contributed by atoms with Gasteiger partial charge in [-0.3, -0.25) is 4.98 Å². The minimum Gasteiger partial charge on any atom is -0.326 e. The lowest BCUT2D eigenvalue weighted by atomic mass is 10.1. The lowest BCUT2D eigenvalue weighted by Gasteiger charge is -2.22. The predicted molar refractivity (Wildman–Crippen MR) is 72.1 cm³/mol. The van der Waals surface area contributed by atoms with Crippen LogP contribution in [0.15, 0.2) is 36.0 Å². The van der Waals surface area contributed by atoms with E-state index >= 15 is 0 Å². The largest absolute Gasteiger partial charge is 0.326 e. The number of nitrogens with two attached hydrogens (primary N) is 1. The van der Waals surface area contributed by atoms with E-state index in [1.807, 2.05) is 19.2 Å². The van der Waals surface area contributed by atoms with Gasteiger partial charge in [-0.2, -0.15) is 5.10 Å². The molecule has 2 atom stereocenters. The summed E-state index contributed by atoms with van der Waals surface area (Å²) in [5.74, 6) is 0. The number of thioether (sulfide) groups is 1. The molecule has 2 heterocycles. The molecular weight excluding hydrogens is 246 g/mol. The Bertz CT molecular complexity index is 484. The summed E-state index contributed by atoms with van der Waals surface area (Å²) in [6, 6.07) is 4.08. The van der Waals surface area contributed by atoms with Gasteiger partial charge in [-0.15, -0.1) is 0 Å². The summed E-state index contributed by atoms with van der Waals surface area (Å²) in [6.45, 7) is 2.09. The third-order valence-corrected chi connectivity index (χ3v) is 4.25. The molecule has 0 radical (unpaired) electrons. The van der Waals surface area contributed by atoms with Gasteiger partial charge in [0.05, 0.1) is 5.25 Å². The Labute approximate surface area is 111 Å². The second kappa shape index (κ2) is 5.97. The highest BCUT2D eigenvalue weighted by atomic mass is 32.2. The van der Waals surface area contributed by atoms with E-state index in [-0.39, 0.29) is 11.3 Å². The molecule has 2 rings (SSSR count). The Morgan fingerprint density at radius 1 is 1.39 bits per heavy atom. The van der Waals surface area contributed by atoms with Crippen LogP contribution < -0.4 is 5.73 Å². The molecular formula is C12H17N5S. The maximum atomic E-state index is 6.22. The molecule has 0 fully saturated rings. The number of aromatic nitrogens is 4. The van der Waals surface area contributed by atoms with Crippen molar-refractivity contribution in [3.63, 3.8) is 0 Å². The molecule has 18 heavy (non-hydrogen) atoms. The second-order valence-corrected chi connectivity index (χ2v) is 5.17. The van der Waals surface area contributed by atoms with Crippen LogP contribution in [0, 0.1) is 0 Å². The van der Waals surface area contributed by atoms with Gasteiger partial charge in [0.15, 0.2) is 5.16 Å². The zero-order chi connectivity index (χ0) is 13.0. The normalized spacial score (nSPS) is 14.4. The number of rotatable bonds is 5. The molecule has 5 nitrogen and oxygen atoms in total. The van der Waals surface area contributed by atoms with Crippen LogP contribution in [0.2, 0.25) is 0 Å². The van der Waals surface area contributed by atoms with Crippen LogP contribution in [0.3, 0.4) is 0 Å². The van der Waals surface area contributed by atoms with E-state index in [2.05, 4.69) is 22.0 Å². The summed E-state index contributed by atoms with van der Waals surface area (Å²) in [5.41, 5.74) is 7.39. The van der Waals surface area contributed by atoms with Crippen LogP contribution in [0.4, 0.5) is 0 Å². The van der Waals surface area contributed by atoms with Gasteiger partial charge in [-0.05, 0) is 24.1 Å². The predicted octanol–water partition coefficient (Wildman–Crippen LogP) is 1.78. The van der Waals surface area contributed by atoms with E-state index < -0.39 is 0 Å². The van der Waals surface area contributed by atoms with Crippen molar-refractivity contribution >= 4 is 11.8 Å². The van der Waals surface area contributed by atoms with E-state index in [1.165, 1.54) is 5.56 Å². The van der Waals surface area contributed by atoms with Crippen molar-refractivity contribution in [1.82, 2.24) is 19.7 Å². The average molecular weight is 263 g/mol. The lowest BCUT2D eigenvalue weighted by molar-refractivity contribution is 0.625. The summed E-state index contributed by atoms with van der Waals surface area (Å²) in [7, 11) is 1.89. The zero-order valence-corrected chi connectivity index (χ0v) is 11.3. The molecule has 0 saturated heterocycles. The fraction of sp³-hybridized carbons (Fsp3) is 0.417.